The minimum atomic E-state index is -0.695. The zero-order valence-electron chi connectivity index (χ0n) is 22.8. The van der Waals surface area contributed by atoms with Crippen molar-refractivity contribution in [2.24, 2.45) is 21.1 Å². The third kappa shape index (κ3) is 7.70. The molecule has 0 aliphatic heterocycles. The van der Waals surface area contributed by atoms with Crippen LogP contribution in [0.15, 0.2) is 30.7 Å². The Kier molecular flexibility index (Phi) is 8.81. The van der Waals surface area contributed by atoms with Gasteiger partial charge < -0.3 is 39.5 Å². The quantitative estimate of drug-likeness (QED) is 0.257. The summed E-state index contributed by atoms with van der Waals surface area (Å²) < 4.78 is 9.78. The Morgan fingerprint density at radius 2 is 1.41 bits per heavy atom. The van der Waals surface area contributed by atoms with E-state index >= 15 is 0 Å². The van der Waals surface area contributed by atoms with Crippen molar-refractivity contribution in [2.75, 3.05) is 29.1 Å². The summed E-state index contributed by atoms with van der Waals surface area (Å²) >= 11 is 0. The van der Waals surface area contributed by atoms with Gasteiger partial charge in [0.25, 0.3) is 17.7 Å². The Labute approximate surface area is 225 Å². The number of amides is 4. The smallest absolute Gasteiger partial charge is 0.413 e. The Bertz CT molecular complexity index is 1380. The third-order valence-electron chi connectivity index (χ3n) is 5.32. The zero-order valence-corrected chi connectivity index (χ0v) is 22.8. The number of rotatable bonds is 9. The van der Waals surface area contributed by atoms with Crippen LogP contribution in [0.4, 0.5) is 22.0 Å². The van der Waals surface area contributed by atoms with E-state index in [4.69, 9.17) is 9.84 Å². The van der Waals surface area contributed by atoms with Gasteiger partial charge in [0.1, 0.15) is 17.0 Å². The first kappa shape index (κ1) is 29.0. The highest BCUT2D eigenvalue weighted by Gasteiger charge is 2.21. The monoisotopic (exact) mass is 542 g/mol. The van der Waals surface area contributed by atoms with E-state index in [-0.39, 0.29) is 29.9 Å². The number of carbonyl (C=O) groups excluding carboxylic acids is 4. The van der Waals surface area contributed by atoms with E-state index in [1.165, 1.54) is 16.8 Å². The lowest BCUT2D eigenvalue weighted by Gasteiger charge is -2.18. The molecule has 3 rings (SSSR count). The number of ether oxygens (including phenoxy) is 1. The summed E-state index contributed by atoms with van der Waals surface area (Å²) in [6.07, 6.45) is 4.40. The molecule has 210 valence electrons. The summed E-state index contributed by atoms with van der Waals surface area (Å²) in [6.45, 7) is 5.50. The van der Waals surface area contributed by atoms with Gasteiger partial charge in [-0.15, -0.1) is 0 Å². The van der Waals surface area contributed by atoms with Gasteiger partial charge in [-0.3, -0.25) is 19.7 Å². The summed E-state index contributed by atoms with van der Waals surface area (Å²) in [5, 5.41) is 19.5. The van der Waals surface area contributed by atoms with E-state index in [9.17, 15) is 19.2 Å². The molecule has 0 aliphatic rings. The Hall–Kier alpha value is -4.59. The van der Waals surface area contributed by atoms with Gasteiger partial charge in [-0.05, 0) is 39.3 Å². The van der Waals surface area contributed by atoms with E-state index in [1.54, 1.807) is 69.5 Å². The number of aliphatic hydroxyl groups excluding tert-OH is 1. The average molecular weight is 543 g/mol. The highest BCUT2D eigenvalue weighted by Crippen LogP contribution is 2.19. The number of carbonyl (C=O) groups is 4. The summed E-state index contributed by atoms with van der Waals surface area (Å²) in [5.41, 5.74) is 0.692. The van der Waals surface area contributed by atoms with Crippen molar-refractivity contribution >= 4 is 41.0 Å². The minimum Gasteiger partial charge on any atom is -0.444 e. The predicted octanol–water partition coefficient (Wildman–Crippen LogP) is 2.06. The van der Waals surface area contributed by atoms with Crippen molar-refractivity contribution in [2.45, 2.75) is 32.8 Å². The van der Waals surface area contributed by atoms with E-state index < -0.39 is 23.5 Å². The van der Waals surface area contributed by atoms with E-state index in [0.717, 1.165) is 0 Å². The SMILES string of the molecule is Cn1cc(NC(=O)c2cc(NC(=O)c3nc(NC(=O)OC(C)(C)C)cn3C)cn2C)cc1C(=O)NCCCO. The maximum atomic E-state index is 12.9. The fourth-order valence-corrected chi connectivity index (χ4v) is 3.62. The first-order chi connectivity index (χ1) is 18.3. The molecule has 0 saturated carbocycles. The summed E-state index contributed by atoms with van der Waals surface area (Å²) in [6, 6.07) is 3.04. The Morgan fingerprint density at radius 1 is 0.846 bits per heavy atom. The molecule has 0 atom stereocenters. The Balaban J connectivity index is 1.65. The summed E-state index contributed by atoms with van der Waals surface area (Å²) in [5.74, 6) is -1.14. The molecule has 3 heterocycles. The molecule has 0 fully saturated rings. The van der Waals surface area contributed by atoms with Crippen molar-refractivity contribution in [3.8, 4) is 0 Å². The van der Waals surface area contributed by atoms with Crippen LogP contribution in [0, 0.1) is 0 Å². The lowest BCUT2D eigenvalue weighted by atomic mass is 10.2. The van der Waals surface area contributed by atoms with Crippen LogP contribution in [-0.2, 0) is 25.9 Å². The van der Waals surface area contributed by atoms with Gasteiger partial charge in [0, 0.05) is 52.9 Å². The van der Waals surface area contributed by atoms with Gasteiger partial charge in [0.15, 0.2) is 5.82 Å². The Morgan fingerprint density at radius 3 is 1.97 bits per heavy atom. The van der Waals surface area contributed by atoms with E-state index in [0.29, 0.717) is 30.0 Å². The molecule has 0 spiro atoms. The van der Waals surface area contributed by atoms with Gasteiger partial charge in [0.05, 0.1) is 11.4 Å². The third-order valence-corrected chi connectivity index (χ3v) is 5.32. The maximum absolute atomic E-state index is 12.9. The number of hydrogen-bond acceptors (Lipinski definition) is 7. The molecule has 3 aromatic heterocycles. The minimum absolute atomic E-state index is 0.0259. The fourth-order valence-electron chi connectivity index (χ4n) is 3.62. The van der Waals surface area contributed by atoms with Crippen LogP contribution < -0.4 is 21.3 Å². The number of anilines is 3. The molecular formula is C25H34N8O6. The number of hydrogen-bond donors (Lipinski definition) is 5. The number of nitrogens with one attached hydrogen (secondary N) is 4. The molecule has 5 N–H and O–H groups in total. The van der Waals surface area contributed by atoms with Crippen LogP contribution in [0.1, 0.15) is 58.8 Å². The molecule has 0 aromatic carbocycles. The molecule has 3 aromatic rings. The number of nitrogens with zero attached hydrogens (tertiary/aromatic N) is 4. The van der Waals surface area contributed by atoms with E-state index in [1.807, 2.05) is 0 Å². The largest absolute Gasteiger partial charge is 0.444 e. The molecule has 14 heteroatoms. The molecule has 4 amide bonds. The van der Waals surface area contributed by atoms with Crippen LogP contribution in [0.2, 0.25) is 0 Å². The second-order valence-corrected chi connectivity index (χ2v) is 9.88. The topological polar surface area (TPSA) is 174 Å². The molecule has 0 unspecified atom stereocenters. The van der Waals surface area contributed by atoms with Crippen LogP contribution in [0.5, 0.6) is 0 Å². The van der Waals surface area contributed by atoms with Gasteiger partial charge in [-0.25, -0.2) is 9.78 Å². The van der Waals surface area contributed by atoms with Crippen molar-refractivity contribution in [1.82, 2.24) is 24.0 Å². The van der Waals surface area contributed by atoms with Crippen molar-refractivity contribution in [3.63, 3.8) is 0 Å². The molecule has 0 radical (unpaired) electrons. The molecular weight excluding hydrogens is 508 g/mol. The first-order valence-electron chi connectivity index (χ1n) is 12.1. The predicted molar refractivity (Wildman–Crippen MR) is 144 cm³/mol. The van der Waals surface area contributed by atoms with Crippen LogP contribution in [-0.4, -0.2) is 66.4 Å². The lowest BCUT2D eigenvalue weighted by Crippen LogP contribution is -2.27. The number of aryl methyl sites for hydroxylation is 3. The van der Waals surface area contributed by atoms with Crippen molar-refractivity contribution in [1.29, 1.82) is 0 Å². The molecule has 0 saturated heterocycles. The molecule has 0 bridgehead atoms. The van der Waals surface area contributed by atoms with Gasteiger partial charge in [0.2, 0.25) is 5.82 Å². The van der Waals surface area contributed by atoms with Crippen molar-refractivity contribution in [3.05, 3.63) is 47.9 Å². The zero-order chi connectivity index (χ0) is 28.9. The molecule has 39 heavy (non-hydrogen) atoms. The average Bonchev–Trinajstić information content (AvgIpc) is 3.48. The lowest BCUT2D eigenvalue weighted by molar-refractivity contribution is 0.0634. The summed E-state index contributed by atoms with van der Waals surface area (Å²) in [7, 11) is 4.94. The first-order valence-corrected chi connectivity index (χ1v) is 12.1. The highest BCUT2D eigenvalue weighted by molar-refractivity contribution is 6.07. The second-order valence-electron chi connectivity index (χ2n) is 9.88. The standard InChI is InChI=1S/C25H34N8O6/c1-25(2,3)39-24(38)30-19-14-33(6)20(29-19)23(37)28-16-11-18(32(5)13-16)22(36)27-15-10-17(31(4)12-15)21(35)26-8-7-9-34/h10-14,34H,7-9H2,1-6H3,(H,26,35)(H,27,36)(H,28,37)(H,30,38). The molecule has 14 nitrogen and oxygen atoms in total. The van der Waals surface area contributed by atoms with Crippen molar-refractivity contribution < 1.29 is 29.0 Å². The normalized spacial score (nSPS) is 11.2. The van der Waals surface area contributed by atoms with E-state index in [2.05, 4.69) is 26.3 Å². The number of aliphatic hydroxyl groups is 1. The van der Waals surface area contributed by atoms with Crippen LogP contribution in [0.25, 0.3) is 0 Å². The fraction of sp³-hybridized carbons (Fsp3) is 0.400. The summed E-state index contributed by atoms with van der Waals surface area (Å²) in [4.78, 5) is 54.2. The van der Waals surface area contributed by atoms with Gasteiger partial charge >= 0.3 is 6.09 Å². The maximum Gasteiger partial charge on any atom is 0.413 e. The second kappa shape index (κ2) is 11.9. The van der Waals surface area contributed by atoms with Gasteiger partial charge in [-0.2, -0.15) is 0 Å². The number of aromatic nitrogens is 4. The molecule has 0 aliphatic carbocycles. The van der Waals surface area contributed by atoms with Crippen LogP contribution >= 0.6 is 0 Å². The van der Waals surface area contributed by atoms with Gasteiger partial charge in [-0.1, -0.05) is 0 Å². The van der Waals surface area contributed by atoms with Crippen LogP contribution in [0.3, 0.4) is 0 Å². The number of imidazole rings is 1. The highest BCUT2D eigenvalue weighted by atomic mass is 16.6.